The molecule has 4 aromatic rings. The SMILES string of the molecule is COc1ccccc1-c1cn(C)c2ncc(-c3cccc(C(F)C(=O)N(C)C)c3)cc12. The van der Waals surface area contributed by atoms with Gasteiger partial charge in [0.05, 0.1) is 7.11 Å². The van der Waals surface area contributed by atoms with Crippen molar-refractivity contribution >= 4 is 16.9 Å². The lowest BCUT2D eigenvalue weighted by Crippen LogP contribution is -2.26. The standard InChI is InChI=1S/C25H24FN3O2/c1-28(2)25(30)23(26)17-9-7-8-16(12-17)18-13-20-21(15-29(3)24(20)27-14-18)19-10-5-6-11-22(19)31-4/h5-15,23H,1-4H3. The Morgan fingerprint density at radius 3 is 2.58 bits per heavy atom. The van der Waals surface area contributed by atoms with Crippen molar-refractivity contribution in [1.29, 1.82) is 0 Å². The molecule has 4 rings (SSSR count). The number of para-hydroxylation sites is 1. The first-order chi connectivity index (χ1) is 14.9. The molecule has 2 aromatic carbocycles. The predicted octanol–water partition coefficient (Wildman–Crippen LogP) is 5.01. The van der Waals surface area contributed by atoms with Crippen LogP contribution in [0.25, 0.3) is 33.3 Å². The molecule has 0 fully saturated rings. The number of methoxy groups -OCH3 is 1. The Kier molecular flexibility index (Phi) is 5.46. The number of likely N-dealkylation sites (N-methyl/N-ethyl adjacent to an activating group) is 1. The largest absolute Gasteiger partial charge is 0.496 e. The second kappa shape index (κ2) is 8.22. The zero-order valence-corrected chi connectivity index (χ0v) is 18.0. The van der Waals surface area contributed by atoms with Crippen LogP contribution in [0, 0.1) is 0 Å². The molecule has 0 N–H and O–H groups in total. The van der Waals surface area contributed by atoms with Gasteiger partial charge in [-0.3, -0.25) is 4.79 Å². The molecule has 0 bridgehead atoms. The lowest BCUT2D eigenvalue weighted by Gasteiger charge is -2.15. The third-order valence-corrected chi connectivity index (χ3v) is 5.38. The van der Waals surface area contributed by atoms with Crippen LogP contribution in [0.4, 0.5) is 4.39 Å². The van der Waals surface area contributed by atoms with Crippen LogP contribution in [-0.2, 0) is 11.8 Å². The minimum Gasteiger partial charge on any atom is -0.496 e. The number of nitrogens with zero attached hydrogens (tertiary/aromatic N) is 3. The average Bonchev–Trinajstić information content (AvgIpc) is 3.13. The van der Waals surface area contributed by atoms with E-state index < -0.39 is 12.1 Å². The van der Waals surface area contributed by atoms with Crippen LogP contribution < -0.4 is 4.74 Å². The van der Waals surface area contributed by atoms with Crippen LogP contribution in [0.15, 0.2) is 67.0 Å². The van der Waals surface area contributed by atoms with Gasteiger partial charge in [-0.05, 0) is 29.3 Å². The van der Waals surface area contributed by atoms with Crippen molar-refractivity contribution in [3.05, 3.63) is 72.6 Å². The number of alkyl halides is 1. The lowest BCUT2D eigenvalue weighted by molar-refractivity contribution is -0.134. The van der Waals surface area contributed by atoms with Crippen molar-refractivity contribution in [2.75, 3.05) is 21.2 Å². The number of ether oxygens (including phenoxy) is 1. The fourth-order valence-electron chi connectivity index (χ4n) is 3.75. The van der Waals surface area contributed by atoms with Gasteiger partial charge >= 0.3 is 0 Å². The second-order valence-corrected chi connectivity index (χ2v) is 7.67. The van der Waals surface area contributed by atoms with E-state index in [1.165, 1.54) is 4.90 Å². The third kappa shape index (κ3) is 3.77. The van der Waals surface area contributed by atoms with E-state index in [2.05, 4.69) is 4.98 Å². The first kappa shape index (κ1) is 20.6. The maximum Gasteiger partial charge on any atom is 0.261 e. The van der Waals surface area contributed by atoms with Crippen LogP contribution in [0.3, 0.4) is 0 Å². The van der Waals surface area contributed by atoms with Gasteiger partial charge in [0, 0.05) is 55.6 Å². The Morgan fingerprint density at radius 1 is 1.06 bits per heavy atom. The maximum atomic E-state index is 14.7. The first-order valence-corrected chi connectivity index (χ1v) is 9.94. The van der Waals surface area contributed by atoms with Crippen LogP contribution in [0.5, 0.6) is 5.75 Å². The molecule has 1 unspecified atom stereocenters. The van der Waals surface area contributed by atoms with Gasteiger partial charge in [-0.2, -0.15) is 0 Å². The Balaban J connectivity index is 1.82. The molecule has 2 aromatic heterocycles. The van der Waals surface area contributed by atoms with Gasteiger partial charge in [-0.15, -0.1) is 0 Å². The number of fused-ring (bicyclic) bond motifs is 1. The number of benzene rings is 2. The zero-order chi connectivity index (χ0) is 22.1. The van der Waals surface area contributed by atoms with E-state index in [1.807, 2.05) is 54.2 Å². The van der Waals surface area contributed by atoms with E-state index in [-0.39, 0.29) is 0 Å². The smallest absolute Gasteiger partial charge is 0.261 e. The summed E-state index contributed by atoms with van der Waals surface area (Å²) in [5.74, 6) is 0.206. The summed E-state index contributed by atoms with van der Waals surface area (Å²) in [4.78, 5) is 18.0. The molecule has 0 aliphatic carbocycles. The van der Waals surface area contributed by atoms with Gasteiger partial charge in [0.25, 0.3) is 5.91 Å². The van der Waals surface area contributed by atoms with E-state index in [4.69, 9.17) is 4.74 Å². The van der Waals surface area contributed by atoms with Gasteiger partial charge in [0.2, 0.25) is 6.17 Å². The Bertz CT molecular complexity index is 1260. The highest BCUT2D eigenvalue weighted by Crippen LogP contribution is 2.37. The van der Waals surface area contributed by atoms with Gasteiger partial charge in [0.1, 0.15) is 11.4 Å². The fourth-order valence-corrected chi connectivity index (χ4v) is 3.75. The molecular formula is C25H24FN3O2. The normalized spacial score (nSPS) is 12.0. The number of hydrogen-bond donors (Lipinski definition) is 0. The Morgan fingerprint density at radius 2 is 1.84 bits per heavy atom. The van der Waals surface area contributed by atoms with E-state index in [1.54, 1.807) is 45.6 Å². The molecule has 2 heterocycles. The molecule has 6 heteroatoms. The van der Waals surface area contributed by atoms with Crippen molar-refractivity contribution in [3.8, 4) is 28.0 Å². The zero-order valence-electron chi connectivity index (χ0n) is 18.0. The summed E-state index contributed by atoms with van der Waals surface area (Å²) < 4.78 is 22.2. The van der Waals surface area contributed by atoms with E-state index in [0.717, 1.165) is 39.0 Å². The number of rotatable bonds is 5. The number of carbonyl (C=O) groups excluding carboxylic acids is 1. The number of hydrogen-bond acceptors (Lipinski definition) is 3. The van der Waals surface area contributed by atoms with Gasteiger partial charge in [0.15, 0.2) is 0 Å². The molecule has 0 saturated heterocycles. The summed E-state index contributed by atoms with van der Waals surface area (Å²) in [5.41, 5.74) is 4.80. The number of aryl methyl sites for hydroxylation is 1. The summed E-state index contributed by atoms with van der Waals surface area (Å²) in [5, 5.41) is 0.969. The molecule has 1 amide bonds. The first-order valence-electron chi connectivity index (χ1n) is 9.94. The summed E-state index contributed by atoms with van der Waals surface area (Å²) in [6.45, 7) is 0. The van der Waals surface area contributed by atoms with Gasteiger partial charge in [-0.1, -0.05) is 36.4 Å². The van der Waals surface area contributed by atoms with Crippen molar-refractivity contribution < 1.29 is 13.9 Å². The monoisotopic (exact) mass is 417 g/mol. The molecule has 0 radical (unpaired) electrons. The molecule has 1 atom stereocenters. The molecule has 0 saturated carbocycles. The lowest BCUT2D eigenvalue weighted by atomic mass is 9.99. The van der Waals surface area contributed by atoms with Gasteiger partial charge < -0.3 is 14.2 Å². The highest BCUT2D eigenvalue weighted by molar-refractivity contribution is 5.97. The van der Waals surface area contributed by atoms with E-state index in [9.17, 15) is 9.18 Å². The third-order valence-electron chi connectivity index (χ3n) is 5.38. The number of halogens is 1. The van der Waals surface area contributed by atoms with Crippen LogP contribution in [0.1, 0.15) is 11.7 Å². The number of carbonyl (C=O) groups is 1. The van der Waals surface area contributed by atoms with Crippen molar-refractivity contribution in [3.63, 3.8) is 0 Å². The van der Waals surface area contributed by atoms with Crippen LogP contribution in [-0.4, -0.2) is 41.6 Å². The second-order valence-electron chi connectivity index (χ2n) is 7.67. The topological polar surface area (TPSA) is 47.4 Å². The highest BCUT2D eigenvalue weighted by Gasteiger charge is 2.22. The van der Waals surface area contributed by atoms with Crippen LogP contribution >= 0.6 is 0 Å². The van der Waals surface area contributed by atoms with Crippen molar-refractivity contribution in [2.45, 2.75) is 6.17 Å². The van der Waals surface area contributed by atoms with Crippen LogP contribution in [0.2, 0.25) is 0 Å². The molecule has 31 heavy (non-hydrogen) atoms. The Hall–Kier alpha value is -3.67. The summed E-state index contributed by atoms with van der Waals surface area (Å²) >= 11 is 0. The summed E-state index contributed by atoms with van der Waals surface area (Å²) in [6, 6.07) is 16.9. The van der Waals surface area contributed by atoms with Crippen molar-refractivity contribution in [2.24, 2.45) is 7.05 Å². The molecular weight excluding hydrogens is 393 g/mol. The molecule has 0 aliphatic rings. The summed E-state index contributed by atoms with van der Waals surface area (Å²) in [6.07, 6.45) is 2.10. The predicted molar refractivity (Wildman–Crippen MR) is 121 cm³/mol. The minimum atomic E-state index is -1.70. The summed E-state index contributed by atoms with van der Waals surface area (Å²) in [7, 11) is 6.70. The molecule has 158 valence electrons. The number of aromatic nitrogens is 2. The fraction of sp³-hybridized carbons (Fsp3) is 0.200. The Labute approximate surface area is 180 Å². The van der Waals surface area contributed by atoms with E-state index in [0.29, 0.717) is 5.56 Å². The van der Waals surface area contributed by atoms with E-state index >= 15 is 0 Å². The highest BCUT2D eigenvalue weighted by atomic mass is 19.1. The minimum absolute atomic E-state index is 0.328. The van der Waals surface area contributed by atoms with Gasteiger partial charge in [-0.25, -0.2) is 9.37 Å². The van der Waals surface area contributed by atoms with Crippen molar-refractivity contribution in [1.82, 2.24) is 14.5 Å². The average molecular weight is 417 g/mol. The quantitative estimate of drug-likeness (QED) is 0.458. The maximum absolute atomic E-state index is 14.7. The molecule has 0 aliphatic heterocycles. The number of pyridine rings is 1. The number of amides is 1. The molecule has 5 nitrogen and oxygen atoms in total. The molecule has 0 spiro atoms.